The second-order valence-electron chi connectivity index (χ2n) is 5.55. The Bertz CT molecular complexity index is 886. The molecule has 0 saturated heterocycles. The molecule has 0 aliphatic rings. The SMILES string of the molecule is Cc1nc(-c2ccccc2F)sc1C(C)NC(=O)c1cnn(C)c1. The third-order valence-corrected chi connectivity index (χ3v) is 5.02. The average Bonchev–Trinajstić information content (AvgIpc) is 3.14. The fourth-order valence-electron chi connectivity index (χ4n) is 2.44. The Kier molecular flexibility index (Phi) is 4.44. The Hall–Kier alpha value is -2.54. The van der Waals surface area contributed by atoms with Crippen LogP contribution in [-0.4, -0.2) is 20.7 Å². The number of benzene rings is 1. The molecule has 0 aliphatic carbocycles. The number of thiazole rings is 1. The molecule has 7 heteroatoms. The van der Waals surface area contributed by atoms with Crippen LogP contribution in [0.4, 0.5) is 4.39 Å². The number of carbonyl (C=O) groups excluding carboxylic acids is 1. The Morgan fingerprint density at radius 3 is 2.79 bits per heavy atom. The highest BCUT2D eigenvalue weighted by atomic mass is 32.1. The second kappa shape index (κ2) is 6.52. The van der Waals surface area contributed by atoms with E-state index in [2.05, 4.69) is 15.4 Å². The van der Waals surface area contributed by atoms with E-state index in [0.29, 0.717) is 16.1 Å². The van der Waals surface area contributed by atoms with E-state index in [-0.39, 0.29) is 17.8 Å². The Morgan fingerprint density at radius 2 is 2.12 bits per heavy atom. The Balaban J connectivity index is 1.82. The van der Waals surface area contributed by atoms with Gasteiger partial charge in [-0.25, -0.2) is 9.37 Å². The van der Waals surface area contributed by atoms with Crippen molar-refractivity contribution in [3.63, 3.8) is 0 Å². The van der Waals surface area contributed by atoms with E-state index in [1.807, 2.05) is 13.8 Å². The van der Waals surface area contributed by atoms with Crippen molar-refractivity contribution in [2.24, 2.45) is 7.05 Å². The second-order valence-corrected chi connectivity index (χ2v) is 6.58. The number of rotatable bonds is 4. The maximum Gasteiger partial charge on any atom is 0.254 e. The van der Waals surface area contributed by atoms with Gasteiger partial charge in [0.2, 0.25) is 0 Å². The van der Waals surface area contributed by atoms with E-state index in [9.17, 15) is 9.18 Å². The number of aromatic nitrogens is 3. The van der Waals surface area contributed by atoms with Gasteiger partial charge >= 0.3 is 0 Å². The van der Waals surface area contributed by atoms with Gasteiger partial charge in [-0.05, 0) is 26.0 Å². The largest absolute Gasteiger partial charge is 0.345 e. The van der Waals surface area contributed by atoms with Gasteiger partial charge in [0.05, 0.1) is 28.4 Å². The molecule has 2 aromatic heterocycles. The maximum atomic E-state index is 13.9. The van der Waals surface area contributed by atoms with Crippen molar-refractivity contribution < 1.29 is 9.18 Å². The first-order chi connectivity index (χ1) is 11.5. The summed E-state index contributed by atoms with van der Waals surface area (Å²) in [6.07, 6.45) is 3.18. The van der Waals surface area contributed by atoms with Crippen molar-refractivity contribution in [3.8, 4) is 10.6 Å². The summed E-state index contributed by atoms with van der Waals surface area (Å²) in [6.45, 7) is 3.75. The highest BCUT2D eigenvalue weighted by Gasteiger charge is 2.19. The third kappa shape index (κ3) is 3.21. The smallest absolute Gasteiger partial charge is 0.254 e. The zero-order valence-electron chi connectivity index (χ0n) is 13.6. The zero-order valence-corrected chi connectivity index (χ0v) is 14.4. The standard InChI is InChI=1S/C17H17FN4OS/c1-10(20-16(23)12-8-19-22(3)9-12)15-11(2)21-17(24-15)13-6-4-5-7-14(13)18/h4-10H,1-3H3,(H,20,23). The molecule has 1 N–H and O–H groups in total. The molecule has 1 amide bonds. The van der Waals surface area contributed by atoms with E-state index in [1.165, 1.54) is 23.6 Å². The lowest BCUT2D eigenvalue weighted by molar-refractivity contribution is 0.0940. The fraction of sp³-hybridized carbons (Fsp3) is 0.235. The number of hydrogen-bond donors (Lipinski definition) is 1. The van der Waals surface area contributed by atoms with Crippen LogP contribution in [0.3, 0.4) is 0 Å². The Morgan fingerprint density at radius 1 is 1.38 bits per heavy atom. The Labute approximate surface area is 143 Å². The lowest BCUT2D eigenvalue weighted by atomic mass is 10.2. The fourth-order valence-corrected chi connectivity index (χ4v) is 3.54. The minimum Gasteiger partial charge on any atom is -0.345 e. The molecule has 0 fully saturated rings. The summed E-state index contributed by atoms with van der Waals surface area (Å²) in [7, 11) is 1.76. The molecule has 5 nitrogen and oxygen atoms in total. The van der Waals surface area contributed by atoms with Gasteiger partial charge in [-0.2, -0.15) is 5.10 Å². The van der Waals surface area contributed by atoms with Gasteiger partial charge in [-0.1, -0.05) is 12.1 Å². The van der Waals surface area contributed by atoms with Gasteiger partial charge in [-0.15, -0.1) is 11.3 Å². The van der Waals surface area contributed by atoms with Crippen molar-refractivity contribution in [2.45, 2.75) is 19.9 Å². The summed E-state index contributed by atoms with van der Waals surface area (Å²) >= 11 is 1.39. The van der Waals surface area contributed by atoms with Gasteiger partial charge in [0.15, 0.2) is 0 Å². The van der Waals surface area contributed by atoms with Crippen LogP contribution in [0.1, 0.15) is 33.9 Å². The topological polar surface area (TPSA) is 59.8 Å². The van der Waals surface area contributed by atoms with E-state index in [1.54, 1.807) is 36.1 Å². The van der Waals surface area contributed by atoms with Crippen LogP contribution in [0, 0.1) is 12.7 Å². The maximum absolute atomic E-state index is 13.9. The minimum atomic E-state index is -0.301. The normalized spacial score (nSPS) is 12.2. The first-order valence-corrected chi connectivity index (χ1v) is 8.29. The molecule has 1 atom stereocenters. The molecule has 0 aliphatic heterocycles. The number of nitrogens with one attached hydrogen (secondary N) is 1. The molecule has 0 bridgehead atoms. The lowest BCUT2D eigenvalue weighted by Crippen LogP contribution is -2.26. The number of amides is 1. The molecule has 24 heavy (non-hydrogen) atoms. The van der Waals surface area contributed by atoms with Crippen molar-refractivity contribution in [2.75, 3.05) is 0 Å². The monoisotopic (exact) mass is 344 g/mol. The van der Waals surface area contributed by atoms with E-state index in [0.717, 1.165) is 10.6 Å². The molecule has 3 rings (SSSR count). The molecule has 0 saturated carbocycles. The van der Waals surface area contributed by atoms with Crippen molar-refractivity contribution >= 4 is 17.2 Å². The predicted molar refractivity (Wildman–Crippen MR) is 91.3 cm³/mol. The van der Waals surface area contributed by atoms with Crippen molar-refractivity contribution in [1.82, 2.24) is 20.1 Å². The van der Waals surface area contributed by atoms with Crippen molar-refractivity contribution in [1.29, 1.82) is 0 Å². The van der Waals surface area contributed by atoms with E-state index < -0.39 is 0 Å². The summed E-state index contributed by atoms with van der Waals surface area (Å²) < 4.78 is 15.5. The summed E-state index contributed by atoms with van der Waals surface area (Å²) in [5, 5.41) is 7.54. The lowest BCUT2D eigenvalue weighted by Gasteiger charge is -2.11. The molecule has 3 aromatic rings. The number of carbonyl (C=O) groups is 1. The van der Waals surface area contributed by atoms with Gasteiger partial charge in [0.25, 0.3) is 5.91 Å². The number of aryl methyl sites for hydroxylation is 2. The quantitative estimate of drug-likeness (QED) is 0.788. The van der Waals surface area contributed by atoms with E-state index in [4.69, 9.17) is 0 Å². The van der Waals surface area contributed by atoms with Crippen molar-refractivity contribution in [3.05, 3.63) is 58.6 Å². The van der Waals surface area contributed by atoms with E-state index >= 15 is 0 Å². The van der Waals surface area contributed by atoms with Crippen LogP contribution in [-0.2, 0) is 7.05 Å². The van der Waals surface area contributed by atoms with Crippen LogP contribution < -0.4 is 5.32 Å². The number of halogens is 1. The van der Waals surface area contributed by atoms with Crippen LogP contribution in [0.2, 0.25) is 0 Å². The van der Waals surface area contributed by atoms with Crippen LogP contribution in [0.25, 0.3) is 10.6 Å². The summed E-state index contributed by atoms with van der Waals surface area (Å²) in [5.74, 6) is -0.499. The molecule has 1 unspecified atom stereocenters. The molecule has 2 heterocycles. The molecule has 1 aromatic carbocycles. The average molecular weight is 344 g/mol. The van der Waals surface area contributed by atoms with Gasteiger partial charge < -0.3 is 5.32 Å². The molecular formula is C17H17FN4OS. The van der Waals surface area contributed by atoms with Gasteiger partial charge in [0, 0.05) is 18.8 Å². The summed E-state index contributed by atoms with van der Waals surface area (Å²) in [6, 6.07) is 6.32. The predicted octanol–water partition coefficient (Wildman–Crippen LogP) is 3.48. The molecular weight excluding hydrogens is 327 g/mol. The first-order valence-electron chi connectivity index (χ1n) is 7.47. The number of hydrogen-bond acceptors (Lipinski definition) is 4. The summed E-state index contributed by atoms with van der Waals surface area (Å²) in [4.78, 5) is 17.6. The van der Waals surface area contributed by atoms with Gasteiger partial charge in [0.1, 0.15) is 10.8 Å². The third-order valence-electron chi connectivity index (χ3n) is 3.64. The highest BCUT2D eigenvalue weighted by molar-refractivity contribution is 7.15. The molecule has 124 valence electrons. The summed E-state index contributed by atoms with van der Waals surface area (Å²) in [5.41, 5.74) is 1.76. The van der Waals surface area contributed by atoms with Crippen LogP contribution >= 0.6 is 11.3 Å². The van der Waals surface area contributed by atoms with Crippen LogP contribution in [0.15, 0.2) is 36.7 Å². The molecule has 0 radical (unpaired) electrons. The highest BCUT2D eigenvalue weighted by Crippen LogP contribution is 2.33. The zero-order chi connectivity index (χ0) is 17.3. The minimum absolute atomic E-state index is 0.198. The number of nitrogens with zero attached hydrogens (tertiary/aromatic N) is 3. The first kappa shape index (κ1) is 16.3. The van der Waals surface area contributed by atoms with Crippen LogP contribution in [0.5, 0.6) is 0 Å². The molecule has 0 spiro atoms. The van der Waals surface area contributed by atoms with Gasteiger partial charge in [-0.3, -0.25) is 9.48 Å².